The van der Waals surface area contributed by atoms with Crippen LogP contribution in [0.2, 0.25) is 0 Å². The Morgan fingerprint density at radius 2 is 2.19 bits per heavy atom. The van der Waals surface area contributed by atoms with Gasteiger partial charge in [0.05, 0.1) is 6.20 Å². The van der Waals surface area contributed by atoms with E-state index in [0.717, 1.165) is 0 Å². The van der Waals surface area contributed by atoms with Gasteiger partial charge in [0, 0.05) is 24.5 Å². The third-order valence-corrected chi connectivity index (χ3v) is 2.49. The molecule has 0 spiro atoms. The number of carbonyl (C=O) groups is 1. The lowest BCUT2D eigenvalue weighted by molar-refractivity contribution is -0.0876. The molecular formula is C10H10F2N2O2. The minimum Gasteiger partial charge on any atom is -0.409 e. The molecule has 2 rings (SSSR count). The van der Waals surface area contributed by atoms with Gasteiger partial charge in [-0.2, -0.15) is 0 Å². The Morgan fingerprint density at radius 3 is 2.62 bits per heavy atom. The number of primary amides is 1. The van der Waals surface area contributed by atoms with Gasteiger partial charge in [-0.3, -0.25) is 4.98 Å². The number of rotatable bonds is 2. The number of aromatic nitrogens is 1. The third-order valence-electron chi connectivity index (χ3n) is 2.49. The van der Waals surface area contributed by atoms with Crippen LogP contribution in [0.5, 0.6) is 5.75 Å². The lowest BCUT2D eigenvalue weighted by Crippen LogP contribution is -2.34. The highest BCUT2D eigenvalue weighted by molar-refractivity contribution is 5.67. The zero-order valence-corrected chi connectivity index (χ0v) is 8.32. The summed E-state index contributed by atoms with van der Waals surface area (Å²) in [5.41, 5.74) is 5.39. The fourth-order valence-electron chi connectivity index (χ4n) is 1.68. The zero-order valence-electron chi connectivity index (χ0n) is 8.32. The van der Waals surface area contributed by atoms with Crippen molar-refractivity contribution in [3.63, 3.8) is 0 Å². The van der Waals surface area contributed by atoms with Gasteiger partial charge in [-0.1, -0.05) is 0 Å². The van der Waals surface area contributed by atoms with E-state index in [9.17, 15) is 13.6 Å². The highest BCUT2D eigenvalue weighted by atomic mass is 19.3. The average molecular weight is 228 g/mol. The number of alkyl halides is 2. The molecule has 0 radical (unpaired) electrons. The van der Waals surface area contributed by atoms with Gasteiger partial charge in [-0.05, 0) is 12.1 Å². The van der Waals surface area contributed by atoms with E-state index in [2.05, 4.69) is 9.72 Å². The molecule has 0 atom stereocenters. The maximum atomic E-state index is 12.6. The second-order valence-electron chi connectivity index (χ2n) is 3.80. The van der Waals surface area contributed by atoms with Gasteiger partial charge < -0.3 is 10.5 Å². The second-order valence-corrected chi connectivity index (χ2v) is 3.80. The Labute approximate surface area is 90.4 Å². The van der Waals surface area contributed by atoms with Crippen LogP contribution in [0.15, 0.2) is 18.3 Å². The molecule has 1 aliphatic carbocycles. The van der Waals surface area contributed by atoms with Crippen LogP contribution in [0.3, 0.4) is 0 Å². The normalized spacial score (nSPS) is 18.9. The number of carbonyl (C=O) groups excluding carboxylic acids is 1. The van der Waals surface area contributed by atoms with E-state index >= 15 is 0 Å². The predicted molar refractivity (Wildman–Crippen MR) is 51.4 cm³/mol. The van der Waals surface area contributed by atoms with E-state index in [-0.39, 0.29) is 24.5 Å². The molecular weight excluding hydrogens is 218 g/mol. The van der Waals surface area contributed by atoms with Crippen molar-refractivity contribution >= 4 is 6.09 Å². The molecule has 1 aliphatic rings. The number of hydrogen-bond donors (Lipinski definition) is 1. The monoisotopic (exact) mass is 228 g/mol. The van der Waals surface area contributed by atoms with Crippen LogP contribution in [-0.4, -0.2) is 17.0 Å². The first kappa shape index (κ1) is 10.8. The lowest BCUT2D eigenvalue weighted by atomic mass is 9.79. The number of nitrogens with zero attached hydrogens (tertiary/aromatic N) is 1. The Hall–Kier alpha value is -1.72. The van der Waals surface area contributed by atoms with E-state index in [1.807, 2.05) is 0 Å². The number of ether oxygens (including phenoxy) is 1. The lowest BCUT2D eigenvalue weighted by Gasteiger charge is -2.34. The van der Waals surface area contributed by atoms with Crippen molar-refractivity contribution in [1.29, 1.82) is 0 Å². The summed E-state index contributed by atoms with van der Waals surface area (Å²) in [7, 11) is 0. The van der Waals surface area contributed by atoms with Crippen molar-refractivity contribution < 1.29 is 18.3 Å². The van der Waals surface area contributed by atoms with Crippen LogP contribution in [0.1, 0.15) is 24.5 Å². The maximum absolute atomic E-state index is 12.6. The van der Waals surface area contributed by atoms with Crippen LogP contribution in [0, 0.1) is 0 Å². The molecule has 1 saturated carbocycles. The smallest absolute Gasteiger partial charge is 0.409 e. The number of amides is 1. The van der Waals surface area contributed by atoms with E-state index in [1.54, 1.807) is 6.07 Å². The molecule has 6 heteroatoms. The molecule has 86 valence electrons. The molecule has 1 heterocycles. The molecule has 0 unspecified atom stereocenters. The van der Waals surface area contributed by atoms with Gasteiger partial charge in [0.1, 0.15) is 0 Å². The average Bonchev–Trinajstić information content (AvgIpc) is 2.14. The van der Waals surface area contributed by atoms with E-state index in [0.29, 0.717) is 5.69 Å². The highest BCUT2D eigenvalue weighted by Crippen LogP contribution is 2.47. The van der Waals surface area contributed by atoms with Gasteiger partial charge >= 0.3 is 6.09 Å². The molecule has 1 amide bonds. The van der Waals surface area contributed by atoms with Crippen molar-refractivity contribution in [2.45, 2.75) is 24.7 Å². The van der Waals surface area contributed by atoms with Crippen LogP contribution in [0.4, 0.5) is 13.6 Å². The fourth-order valence-corrected chi connectivity index (χ4v) is 1.68. The molecule has 0 saturated heterocycles. The number of hydrogen-bond acceptors (Lipinski definition) is 3. The molecule has 0 aliphatic heterocycles. The summed E-state index contributed by atoms with van der Waals surface area (Å²) in [5, 5.41) is 0. The van der Waals surface area contributed by atoms with Gasteiger partial charge in [-0.25, -0.2) is 13.6 Å². The van der Waals surface area contributed by atoms with Crippen LogP contribution >= 0.6 is 0 Å². The first-order valence-corrected chi connectivity index (χ1v) is 4.77. The molecule has 0 bridgehead atoms. The molecule has 4 nitrogen and oxygen atoms in total. The van der Waals surface area contributed by atoms with Crippen molar-refractivity contribution in [2.24, 2.45) is 5.73 Å². The van der Waals surface area contributed by atoms with Gasteiger partial charge in [0.2, 0.25) is 5.92 Å². The molecule has 16 heavy (non-hydrogen) atoms. The van der Waals surface area contributed by atoms with Gasteiger partial charge in [0.15, 0.2) is 5.75 Å². The molecule has 1 aromatic heterocycles. The van der Waals surface area contributed by atoms with Crippen LogP contribution in [0.25, 0.3) is 0 Å². The molecule has 0 aromatic carbocycles. The number of pyridine rings is 1. The minimum absolute atomic E-state index is 0.171. The van der Waals surface area contributed by atoms with Gasteiger partial charge in [-0.15, -0.1) is 0 Å². The predicted octanol–water partition coefficient (Wildman–Crippen LogP) is 2.05. The van der Waals surface area contributed by atoms with E-state index < -0.39 is 12.0 Å². The zero-order chi connectivity index (χ0) is 11.8. The van der Waals surface area contributed by atoms with Crippen molar-refractivity contribution in [2.75, 3.05) is 0 Å². The summed E-state index contributed by atoms with van der Waals surface area (Å²) in [6, 6.07) is 3.06. The van der Waals surface area contributed by atoms with E-state index in [1.165, 1.54) is 12.3 Å². The SMILES string of the molecule is NC(=O)Oc1ccc(C2CC(F)(F)C2)nc1. The summed E-state index contributed by atoms with van der Waals surface area (Å²) < 4.78 is 29.8. The summed E-state index contributed by atoms with van der Waals surface area (Å²) in [6.07, 6.45) is 0.0347. The summed E-state index contributed by atoms with van der Waals surface area (Å²) in [4.78, 5) is 14.4. The summed E-state index contributed by atoms with van der Waals surface area (Å²) in [5.74, 6) is -2.56. The molecule has 1 aromatic rings. The minimum atomic E-state index is -2.56. The Balaban J connectivity index is 2.01. The van der Waals surface area contributed by atoms with Crippen LogP contribution in [-0.2, 0) is 0 Å². The molecule has 2 N–H and O–H groups in total. The van der Waals surface area contributed by atoms with Crippen molar-refractivity contribution in [3.05, 3.63) is 24.0 Å². The Kier molecular flexibility index (Phi) is 2.49. The van der Waals surface area contributed by atoms with E-state index in [4.69, 9.17) is 5.73 Å². The van der Waals surface area contributed by atoms with Crippen LogP contribution < -0.4 is 10.5 Å². The van der Waals surface area contributed by atoms with Crippen molar-refractivity contribution in [1.82, 2.24) is 4.98 Å². The largest absolute Gasteiger partial charge is 0.410 e. The Morgan fingerprint density at radius 1 is 1.50 bits per heavy atom. The molecule has 1 fully saturated rings. The fraction of sp³-hybridized carbons (Fsp3) is 0.400. The second kappa shape index (κ2) is 3.70. The number of halogens is 2. The standard InChI is InChI=1S/C10H10F2N2O2/c11-10(12)3-6(4-10)8-2-1-7(5-14-8)16-9(13)15/h1-2,5-6H,3-4H2,(H2,13,15). The third kappa shape index (κ3) is 2.26. The van der Waals surface area contributed by atoms with Gasteiger partial charge in [0.25, 0.3) is 0 Å². The highest BCUT2D eigenvalue weighted by Gasteiger charge is 2.46. The summed E-state index contributed by atoms with van der Waals surface area (Å²) >= 11 is 0. The maximum Gasteiger partial charge on any atom is 0.410 e. The first-order valence-electron chi connectivity index (χ1n) is 4.77. The topological polar surface area (TPSA) is 65.2 Å². The first-order chi connectivity index (χ1) is 7.46. The quantitative estimate of drug-likeness (QED) is 0.842. The summed E-state index contributed by atoms with van der Waals surface area (Å²) in [6.45, 7) is 0. The number of nitrogens with two attached hydrogens (primary N) is 1. The van der Waals surface area contributed by atoms with Crippen molar-refractivity contribution in [3.8, 4) is 5.75 Å². The Bertz CT molecular complexity index is 398.